The summed E-state index contributed by atoms with van der Waals surface area (Å²) in [6.45, 7) is 2.02. The number of rotatable bonds is 2. The summed E-state index contributed by atoms with van der Waals surface area (Å²) in [5, 5.41) is 1.65. The maximum atomic E-state index is 14.0. The lowest BCUT2D eigenvalue weighted by molar-refractivity contribution is -0.137. The third kappa shape index (κ3) is 3.91. The summed E-state index contributed by atoms with van der Waals surface area (Å²) in [7, 11) is 3.60. The van der Waals surface area contributed by atoms with E-state index in [1.165, 1.54) is 12.1 Å². The molecule has 0 spiro atoms. The predicted molar refractivity (Wildman–Crippen MR) is 168 cm³/mol. The van der Waals surface area contributed by atoms with Gasteiger partial charge in [0.2, 0.25) is 0 Å². The Bertz CT molecular complexity index is 2420. The molecule has 7 rings (SSSR count). The SMILES string of the molecule is Cc1ccccc1-c1cccc2c(=O)c3cc4c(cc3n(C)c12)c(=O)c1cccc(-c2ccccc2C(F)(F)F)c1n4C. The van der Waals surface area contributed by atoms with Crippen LogP contribution in [0.5, 0.6) is 0 Å². The van der Waals surface area contributed by atoms with Crippen molar-refractivity contribution in [1.82, 2.24) is 9.13 Å². The lowest BCUT2D eigenvalue weighted by atomic mass is 9.95. The highest BCUT2D eigenvalue weighted by atomic mass is 19.4. The molecule has 0 aliphatic carbocycles. The Morgan fingerprint density at radius 3 is 1.49 bits per heavy atom. The summed E-state index contributed by atoms with van der Waals surface area (Å²) in [5.41, 5.74) is 4.21. The van der Waals surface area contributed by atoms with Crippen LogP contribution in [0.3, 0.4) is 0 Å². The number of nitrogens with zero attached hydrogens (tertiary/aromatic N) is 2. The van der Waals surface area contributed by atoms with E-state index in [0.717, 1.165) is 28.3 Å². The van der Waals surface area contributed by atoms with Crippen molar-refractivity contribution < 1.29 is 13.2 Å². The predicted octanol–water partition coefficient (Wildman–Crippen LogP) is 8.36. The van der Waals surface area contributed by atoms with E-state index in [1.807, 2.05) is 54.9 Å². The zero-order valence-corrected chi connectivity index (χ0v) is 23.6. The number of hydrogen-bond donors (Lipinski definition) is 0. The molecule has 0 bridgehead atoms. The first kappa shape index (κ1) is 26.7. The van der Waals surface area contributed by atoms with Crippen molar-refractivity contribution in [3.63, 3.8) is 0 Å². The lowest BCUT2D eigenvalue weighted by Gasteiger charge is -2.19. The molecule has 0 atom stereocenters. The smallest absolute Gasteiger partial charge is 0.343 e. The van der Waals surface area contributed by atoms with Crippen LogP contribution in [0.15, 0.2) is 107 Å². The Balaban J connectivity index is 1.61. The van der Waals surface area contributed by atoms with Gasteiger partial charge in [0.15, 0.2) is 10.9 Å². The van der Waals surface area contributed by atoms with E-state index in [0.29, 0.717) is 43.7 Å². The summed E-state index contributed by atoms with van der Waals surface area (Å²) >= 11 is 0. The van der Waals surface area contributed by atoms with Crippen molar-refractivity contribution in [3.8, 4) is 22.3 Å². The van der Waals surface area contributed by atoms with Crippen molar-refractivity contribution in [2.45, 2.75) is 13.1 Å². The summed E-state index contributed by atoms with van der Waals surface area (Å²) in [5.74, 6) is 0. The molecular weight excluding hydrogens is 549 g/mol. The molecule has 7 aromatic rings. The van der Waals surface area contributed by atoms with E-state index in [1.54, 1.807) is 54.1 Å². The fourth-order valence-electron chi connectivity index (χ4n) is 6.48. The van der Waals surface area contributed by atoms with Gasteiger partial charge < -0.3 is 9.13 Å². The minimum atomic E-state index is -4.57. The zero-order valence-electron chi connectivity index (χ0n) is 23.6. The second kappa shape index (κ2) is 9.42. The number of aryl methyl sites for hydroxylation is 3. The van der Waals surface area contributed by atoms with E-state index in [4.69, 9.17) is 0 Å². The summed E-state index contributed by atoms with van der Waals surface area (Å²) in [4.78, 5) is 28.0. The Morgan fingerprint density at radius 2 is 0.977 bits per heavy atom. The van der Waals surface area contributed by atoms with Gasteiger partial charge in [-0.25, -0.2) is 0 Å². The van der Waals surface area contributed by atoms with Crippen molar-refractivity contribution in [2.75, 3.05) is 0 Å². The highest BCUT2D eigenvalue weighted by Gasteiger charge is 2.34. The van der Waals surface area contributed by atoms with Crippen LogP contribution in [-0.4, -0.2) is 9.13 Å². The third-order valence-corrected chi connectivity index (χ3v) is 8.52. The number of para-hydroxylation sites is 2. The van der Waals surface area contributed by atoms with E-state index < -0.39 is 11.7 Å². The van der Waals surface area contributed by atoms with Gasteiger partial charge in [-0.3, -0.25) is 9.59 Å². The highest BCUT2D eigenvalue weighted by molar-refractivity contribution is 6.08. The molecule has 4 nitrogen and oxygen atoms in total. The van der Waals surface area contributed by atoms with Gasteiger partial charge in [0.05, 0.1) is 27.6 Å². The summed E-state index contributed by atoms with van der Waals surface area (Å²) < 4.78 is 45.7. The molecule has 0 saturated carbocycles. The van der Waals surface area contributed by atoms with Crippen LogP contribution in [0.4, 0.5) is 13.2 Å². The van der Waals surface area contributed by atoms with Crippen LogP contribution in [-0.2, 0) is 20.3 Å². The Kier molecular flexibility index (Phi) is 5.85. The fraction of sp³-hybridized carbons (Fsp3) is 0.111. The molecule has 212 valence electrons. The Morgan fingerprint density at radius 1 is 0.535 bits per heavy atom. The average Bonchev–Trinajstić information content (AvgIpc) is 3.01. The summed E-state index contributed by atoms with van der Waals surface area (Å²) in [6.07, 6.45) is -4.57. The molecule has 2 aromatic heterocycles. The quantitative estimate of drug-likeness (QED) is 0.195. The Labute approximate surface area is 243 Å². The largest absolute Gasteiger partial charge is 0.417 e. The molecule has 5 aromatic carbocycles. The Hall–Kier alpha value is -5.17. The van der Waals surface area contributed by atoms with Gasteiger partial charge in [0.25, 0.3) is 0 Å². The molecule has 0 aliphatic heterocycles. The second-order valence-electron chi connectivity index (χ2n) is 10.9. The van der Waals surface area contributed by atoms with Crippen LogP contribution in [0, 0.1) is 6.92 Å². The van der Waals surface area contributed by atoms with Gasteiger partial charge in [-0.15, -0.1) is 0 Å². The number of fused-ring (bicyclic) bond motifs is 4. The molecule has 0 radical (unpaired) electrons. The number of alkyl halides is 3. The van der Waals surface area contributed by atoms with Crippen LogP contribution in [0.2, 0.25) is 0 Å². The van der Waals surface area contributed by atoms with Gasteiger partial charge in [-0.1, -0.05) is 66.7 Å². The number of pyridine rings is 2. The van der Waals surface area contributed by atoms with Crippen LogP contribution in [0.25, 0.3) is 65.9 Å². The molecule has 0 unspecified atom stereocenters. The summed E-state index contributed by atoms with van der Waals surface area (Å²) in [6, 6.07) is 27.3. The molecule has 7 heteroatoms. The molecule has 0 N–H and O–H groups in total. The number of halogens is 3. The monoisotopic (exact) mass is 574 g/mol. The first-order valence-corrected chi connectivity index (χ1v) is 13.8. The highest BCUT2D eigenvalue weighted by Crippen LogP contribution is 2.40. The van der Waals surface area contributed by atoms with Crippen LogP contribution >= 0.6 is 0 Å². The molecule has 2 heterocycles. The van der Waals surface area contributed by atoms with Crippen LogP contribution in [0.1, 0.15) is 11.1 Å². The average molecular weight is 575 g/mol. The normalized spacial score (nSPS) is 12.1. The van der Waals surface area contributed by atoms with Crippen molar-refractivity contribution in [2.24, 2.45) is 14.1 Å². The molecule has 0 saturated heterocycles. The van der Waals surface area contributed by atoms with Crippen molar-refractivity contribution >= 4 is 43.6 Å². The number of aromatic nitrogens is 2. The topological polar surface area (TPSA) is 44.0 Å². The zero-order chi connectivity index (χ0) is 30.2. The van der Waals surface area contributed by atoms with E-state index >= 15 is 0 Å². The van der Waals surface area contributed by atoms with E-state index in [2.05, 4.69) is 0 Å². The molecule has 0 fully saturated rings. The molecule has 43 heavy (non-hydrogen) atoms. The second-order valence-corrected chi connectivity index (χ2v) is 10.9. The minimum Gasteiger partial charge on any atom is -0.343 e. The van der Waals surface area contributed by atoms with Crippen LogP contribution < -0.4 is 10.9 Å². The minimum absolute atomic E-state index is 0.0126. The van der Waals surface area contributed by atoms with E-state index in [-0.39, 0.29) is 16.4 Å². The number of benzene rings is 5. The fourth-order valence-corrected chi connectivity index (χ4v) is 6.48. The standard InChI is InChI=1S/C36H25F3N2O2/c1-20-10-4-5-11-21(20)23-13-8-15-25-32(23)40(2)30-18-28-31(19-27(30)34(25)42)41(3)33-24(14-9-16-26(33)35(28)43)22-12-6-7-17-29(22)36(37,38)39/h4-19H,1-3H3. The maximum absolute atomic E-state index is 14.0. The molecule has 0 aliphatic rings. The van der Waals surface area contributed by atoms with Gasteiger partial charge in [0.1, 0.15) is 0 Å². The maximum Gasteiger partial charge on any atom is 0.417 e. The van der Waals surface area contributed by atoms with Gasteiger partial charge in [-0.05, 0) is 53.9 Å². The first-order valence-electron chi connectivity index (χ1n) is 13.8. The molecule has 0 amide bonds. The van der Waals surface area contributed by atoms with Gasteiger partial charge in [-0.2, -0.15) is 13.2 Å². The third-order valence-electron chi connectivity index (χ3n) is 8.52. The van der Waals surface area contributed by atoms with Gasteiger partial charge >= 0.3 is 6.18 Å². The van der Waals surface area contributed by atoms with Crippen molar-refractivity contribution in [1.29, 1.82) is 0 Å². The van der Waals surface area contributed by atoms with E-state index in [9.17, 15) is 22.8 Å². The van der Waals surface area contributed by atoms with Crippen molar-refractivity contribution in [3.05, 3.63) is 129 Å². The first-order chi connectivity index (χ1) is 20.6. The van der Waals surface area contributed by atoms with Gasteiger partial charge in [0, 0.05) is 46.8 Å². The lowest BCUT2D eigenvalue weighted by Crippen LogP contribution is -2.14. The number of hydrogen-bond acceptors (Lipinski definition) is 2. The molecular formula is C36H25F3N2O2.